The highest BCUT2D eigenvalue weighted by Gasteiger charge is 2.44. The summed E-state index contributed by atoms with van der Waals surface area (Å²) < 4.78 is 20.3. The Kier molecular flexibility index (Phi) is 7.37. The normalized spacial score (nSPS) is 18.3. The van der Waals surface area contributed by atoms with Crippen molar-refractivity contribution in [2.75, 3.05) is 18.2 Å². The van der Waals surface area contributed by atoms with Crippen molar-refractivity contribution in [2.45, 2.75) is 25.8 Å². The molecule has 160 valence electrons. The Hall–Kier alpha value is -2.82. The molecular formula is C23H21ClFN3O2S. The summed E-state index contributed by atoms with van der Waals surface area (Å²) in [6, 6.07) is 10.5. The maximum absolute atomic E-state index is 15.0. The van der Waals surface area contributed by atoms with Crippen molar-refractivity contribution in [3.63, 3.8) is 0 Å². The third-order valence-electron chi connectivity index (χ3n) is 4.88. The van der Waals surface area contributed by atoms with Crippen LogP contribution in [-0.2, 0) is 4.79 Å². The lowest BCUT2D eigenvalue weighted by atomic mass is 9.82. The number of allylic oxidation sites excluding steroid dienone is 1. The Morgan fingerprint density at radius 2 is 2.10 bits per heavy atom. The highest BCUT2D eigenvalue weighted by molar-refractivity contribution is 8.14. The molecule has 1 heterocycles. The molecule has 2 atom stereocenters. The van der Waals surface area contributed by atoms with Crippen molar-refractivity contribution in [3.8, 4) is 5.75 Å². The summed E-state index contributed by atoms with van der Waals surface area (Å²) in [5.74, 6) is -0.650. The summed E-state index contributed by atoms with van der Waals surface area (Å²) in [6.45, 7) is 11.4. The molecule has 0 fully saturated rings. The summed E-state index contributed by atoms with van der Waals surface area (Å²) >= 11 is 7.36. The number of anilines is 1. The lowest BCUT2D eigenvalue weighted by Crippen LogP contribution is -2.34. The van der Waals surface area contributed by atoms with Crippen molar-refractivity contribution in [3.05, 3.63) is 81.6 Å². The van der Waals surface area contributed by atoms with Gasteiger partial charge in [-0.25, -0.2) is 16.0 Å². The zero-order chi connectivity index (χ0) is 22.5. The van der Waals surface area contributed by atoms with E-state index in [1.54, 1.807) is 37.3 Å². The Bertz CT molecular complexity index is 1110. The number of amides is 1. The van der Waals surface area contributed by atoms with Gasteiger partial charge in [-0.1, -0.05) is 36.7 Å². The molecule has 3 rings (SSSR count). The second-order valence-corrected chi connectivity index (χ2v) is 8.47. The minimum Gasteiger partial charge on any atom is -0.495 e. The van der Waals surface area contributed by atoms with Crippen LogP contribution in [0.25, 0.3) is 4.85 Å². The molecule has 1 amide bonds. The van der Waals surface area contributed by atoms with Crippen LogP contribution < -0.4 is 10.1 Å². The monoisotopic (exact) mass is 457 g/mol. The first-order valence-electron chi connectivity index (χ1n) is 9.59. The molecule has 2 aromatic rings. The summed E-state index contributed by atoms with van der Waals surface area (Å²) in [4.78, 5) is 21.7. The maximum atomic E-state index is 15.0. The Balaban J connectivity index is 2.13. The lowest BCUT2D eigenvalue weighted by Gasteiger charge is -2.27. The van der Waals surface area contributed by atoms with E-state index in [2.05, 4.69) is 15.2 Å². The van der Waals surface area contributed by atoms with E-state index >= 15 is 0 Å². The van der Waals surface area contributed by atoms with E-state index in [0.29, 0.717) is 27.9 Å². The van der Waals surface area contributed by atoms with Crippen LogP contribution in [-0.4, -0.2) is 29.9 Å². The fraction of sp³-hybridized carbons (Fsp3) is 0.261. The molecule has 5 nitrogen and oxygen atoms in total. The van der Waals surface area contributed by atoms with Gasteiger partial charge in [-0.15, -0.1) is 11.8 Å². The number of aliphatic imine (C=N–C) groups is 1. The predicted molar refractivity (Wildman–Crippen MR) is 124 cm³/mol. The van der Waals surface area contributed by atoms with E-state index in [-0.39, 0.29) is 16.2 Å². The van der Waals surface area contributed by atoms with Crippen LogP contribution in [0.3, 0.4) is 0 Å². The number of nitrogens with zero attached hydrogens (tertiary/aromatic N) is 2. The third kappa shape index (κ3) is 4.76. The number of carbonyl (C=O) groups excluding carboxylic acids is 1. The van der Waals surface area contributed by atoms with E-state index in [1.165, 1.54) is 31.0 Å². The SMILES string of the molecule is [C-]#[N+]C1C(SCC)=NC(C)=C(C(=O)Nc2ccccc2OC)C1c1ccc(Cl)cc1F. The molecule has 0 aliphatic carbocycles. The van der Waals surface area contributed by atoms with Crippen molar-refractivity contribution in [1.82, 2.24) is 0 Å². The van der Waals surface area contributed by atoms with E-state index in [1.807, 2.05) is 6.92 Å². The van der Waals surface area contributed by atoms with Crippen LogP contribution in [0.1, 0.15) is 25.3 Å². The van der Waals surface area contributed by atoms with Gasteiger partial charge in [-0.3, -0.25) is 4.79 Å². The second kappa shape index (κ2) is 9.99. The summed E-state index contributed by atoms with van der Waals surface area (Å²) in [7, 11) is 1.51. The minimum absolute atomic E-state index is 0.235. The van der Waals surface area contributed by atoms with Crippen molar-refractivity contribution >= 4 is 40.0 Å². The number of benzene rings is 2. The van der Waals surface area contributed by atoms with Crippen molar-refractivity contribution in [1.29, 1.82) is 0 Å². The van der Waals surface area contributed by atoms with Crippen LogP contribution in [0.5, 0.6) is 5.75 Å². The average molecular weight is 458 g/mol. The first-order valence-corrected chi connectivity index (χ1v) is 11.0. The van der Waals surface area contributed by atoms with Crippen molar-refractivity contribution in [2.24, 2.45) is 4.99 Å². The number of ether oxygens (including phenoxy) is 1. The molecule has 0 radical (unpaired) electrons. The zero-order valence-corrected chi connectivity index (χ0v) is 18.9. The molecule has 8 heteroatoms. The van der Waals surface area contributed by atoms with Gasteiger partial charge in [0.1, 0.15) is 17.5 Å². The molecule has 2 aromatic carbocycles. The van der Waals surface area contributed by atoms with Crippen LogP contribution >= 0.6 is 23.4 Å². The number of thioether (sulfide) groups is 1. The molecule has 1 aliphatic rings. The number of nitrogens with one attached hydrogen (secondary N) is 1. The molecule has 31 heavy (non-hydrogen) atoms. The molecule has 2 unspecified atom stereocenters. The smallest absolute Gasteiger partial charge is 0.282 e. The van der Waals surface area contributed by atoms with Gasteiger partial charge >= 0.3 is 0 Å². The highest BCUT2D eigenvalue weighted by atomic mass is 35.5. The van der Waals surface area contributed by atoms with E-state index in [0.717, 1.165) is 0 Å². The zero-order valence-electron chi connectivity index (χ0n) is 17.3. The van der Waals surface area contributed by atoms with E-state index < -0.39 is 23.7 Å². The molecule has 0 bridgehead atoms. The number of para-hydroxylation sites is 2. The van der Waals surface area contributed by atoms with Gasteiger partial charge in [0, 0.05) is 16.3 Å². The molecule has 1 aliphatic heterocycles. The first kappa shape index (κ1) is 22.9. The van der Waals surface area contributed by atoms with Gasteiger partial charge in [0.2, 0.25) is 0 Å². The average Bonchev–Trinajstić information content (AvgIpc) is 2.74. The van der Waals surface area contributed by atoms with Gasteiger partial charge in [0.15, 0.2) is 5.04 Å². The first-order chi connectivity index (χ1) is 14.9. The largest absolute Gasteiger partial charge is 0.495 e. The van der Waals surface area contributed by atoms with Crippen LogP contribution in [0.2, 0.25) is 5.02 Å². The number of hydrogen-bond acceptors (Lipinski definition) is 4. The molecule has 0 saturated carbocycles. The fourth-order valence-electron chi connectivity index (χ4n) is 3.53. The number of methoxy groups -OCH3 is 1. The van der Waals surface area contributed by atoms with Gasteiger partial charge < -0.3 is 14.9 Å². The minimum atomic E-state index is -0.823. The van der Waals surface area contributed by atoms with Gasteiger partial charge in [-0.05, 0) is 36.9 Å². The molecule has 0 spiro atoms. The second-order valence-electron chi connectivity index (χ2n) is 6.75. The fourth-order valence-corrected chi connectivity index (χ4v) is 4.55. The number of halogens is 2. The topological polar surface area (TPSA) is 55.0 Å². The molecular weight excluding hydrogens is 437 g/mol. The number of rotatable bonds is 5. The standard InChI is InChI=1S/C23H21ClFN3O2S/c1-5-31-23-21(26-3)20(15-11-10-14(24)12-16(15)25)19(13(2)27-23)22(29)28-17-8-6-7-9-18(17)30-4/h6-12,20-21H,5H2,1-2,4H3,(H,28,29). The Labute approximate surface area is 190 Å². The van der Waals surface area contributed by atoms with E-state index in [9.17, 15) is 9.18 Å². The summed E-state index contributed by atoms with van der Waals surface area (Å²) in [5, 5.41) is 3.65. The van der Waals surface area contributed by atoms with Gasteiger partial charge in [-0.2, -0.15) is 0 Å². The Morgan fingerprint density at radius 1 is 1.35 bits per heavy atom. The van der Waals surface area contributed by atoms with Gasteiger partial charge in [0.05, 0.1) is 18.4 Å². The van der Waals surface area contributed by atoms with Gasteiger partial charge in [0.25, 0.3) is 11.9 Å². The molecule has 0 saturated heterocycles. The quantitative estimate of drug-likeness (QED) is 0.565. The summed E-state index contributed by atoms with van der Waals surface area (Å²) in [5.41, 5.74) is 1.40. The van der Waals surface area contributed by atoms with Crippen LogP contribution in [0, 0.1) is 12.4 Å². The van der Waals surface area contributed by atoms with E-state index in [4.69, 9.17) is 22.9 Å². The summed E-state index contributed by atoms with van der Waals surface area (Å²) in [6.07, 6.45) is 0. The number of carbonyl (C=O) groups is 1. The van der Waals surface area contributed by atoms with Crippen LogP contribution in [0.15, 0.2) is 58.7 Å². The predicted octanol–water partition coefficient (Wildman–Crippen LogP) is 5.94. The number of hydrogen-bond donors (Lipinski definition) is 1. The van der Waals surface area contributed by atoms with Crippen LogP contribution in [0.4, 0.5) is 10.1 Å². The lowest BCUT2D eigenvalue weighted by molar-refractivity contribution is -0.113. The maximum Gasteiger partial charge on any atom is 0.282 e. The third-order valence-corrected chi connectivity index (χ3v) is 6.03. The van der Waals surface area contributed by atoms with Crippen molar-refractivity contribution < 1.29 is 13.9 Å². The molecule has 1 N–H and O–H groups in total. The molecule has 0 aromatic heterocycles. The highest BCUT2D eigenvalue weighted by Crippen LogP contribution is 2.41. The Morgan fingerprint density at radius 3 is 2.74 bits per heavy atom.